The van der Waals surface area contributed by atoms with Crippen LogP contribution < -0.4 is 5.32 Å². The Balaban J connectivity index is 1.42. The molecule has 188 valence electrons. The molecule has 0 bridgehead atoms. The van der Waals surface area contributed by atoms with E-state index in [2.05, 4.69) is 37.1 Å². The van der Waals surface area contributed by atoms with Crippen molar-refractivity contribution < 1.29 is 8.78 Å². The van der Waals surface area contributed by atoms with Gasteiger partial charge in [-0.25, -0.2) is 13.8 Å². The molecule has 1 fully saturated rings. The molecule has 4 aromatic heterocycles. The average Bonchev–Trinajstić information content (AvgIpc) is 3.49. The Kier molecular flexibility index (Phi) is 5.22. The molecule has 4 aromatic rings. The third-order valence-corrected chi connectivity index (χ3v) is 8.07. The first-order chi connectivity index (χ1) is 17.2. The third-order valence-electron chi connectivity index (χ3n) is 7.77. The summed E-state index contributed by atoms with van der Waals surface area (Å²) in [6.07, 6.45) is 7.76. The van der Waals surface area contributed by atoms with Crippen LogP contribution >= 0.6 is 11.6 Å². The Morgan fingerprint density at radius 2 is 2.03 bits per heavy atom. The molecule has 1 aliphatic heterocycles. The second-order valence-corrected chi connectivity index (χ2v) is 10.4. The number of alkyl halides is 2. The monoisotopic (exact) mass is 512 g/mol. The molecular weight excluding hydrogens is 486 g/mol. The van der Waals surface area contributed by atoms with E-state index < -0.39 is 11.3 Å². The first kappa shape index (κ1) is 23.1. The number of fused-ring (bicyclic) bond motifs is 3. The second kappa shape index (κ2) is 8.12. The van der Waals surface area contributed by atoms with Crippen LogP contribution in [0.1, 0.15) is 51.4 Å². The lowest BCUT2D eigenvalue weighted by molar-refractivity contribution is -0.103. The van der Waals surface area contributed by atoms with E-state index in [1.54, 1.807) is 17.1 Å². The largest absolute Gasteiger partial charge is 0.344 e. The Morgan fingerprint density at radius 1 is 1.22 bits per heavy atom. The van der Waals surface area contributed by atoms with Crippen molar-refractivity contribution in [3.8, 4) is 22.6 Å². The smallest absolute Gasteiger partial charge is 0.257 e. The molecule has 0 unspecified atom stereocenters. The molecule has 6 rings (SSSR count). The van der Waals surface area contributed by atoms with Crippen LogP contribution in [0.25, 0.3) is 22.6 Å². The fraction of sp³-hybridized carbons (Fsp3) is 0.440. The first-order valence-corrected chi connectivity index (χ1v) is 12.5. The third kappa shape index (κ3) is 3.45. The Hall–Kier alpha value is -3.27. The van der Waals surface area contributed by atoms with Crippen LogP contribution in [-0.2, 0) is 19.0 Å². The van der Waals surface area contributed by atoms with E-state index in [4.69, 9.17) is 11.6 Å². The summed E-state index contributed by atoms with van der Waals surface area (Å²) in [5, 5.41) is 16.8. The van der Waals surface area contributed by atoms with Gasteiger partial charge in [0.25, 0.3) is 5.92 Å². The van der Waals surface area contributed by atoms with E-state index >= 15 is 0 Å². The lowest BCUT2D eigenvalue weighted by atomic mass is 9.64. The molecule has 1 N–H and O–H groups in total. The Labute approximate surface area is 212 Å². The lowest BCUT2D eigenvalue weighted by Gasteiger charge is -2.45. The van der Waals surface area contributed by atoms with Crippen LogP contribution in [0.4, 0.5) is 20.4 Å². The molecule has 5 heterocycles. The maximum atomic E-state index is 14.8. The van der Waals surface area contributed by atoms with Crippen LogP contribution in [0, 0.1) is 0 Å². The number of aryl methyl sites for hydroxylation is 2. The number of hydrogen-bond acceptors (Lipinski definition) is 5. The van der Waals surface area contributed by atoms with Gasteiger partial charge in [0.05, 0.1) is 22.3 Å². The molecule has 0 amide bonds. The van der Waals surface area contributed by atoms with E-state index in [0.29, 0.717) is 35.3 Å². The van der Waals surface area contributed by atoms with Crippen molar-refractivity contribution in [2.75, 3.05) is 5.32 Å². The van der Waals surface area contributed by atoms with E-state index in [1.807, 2.05) is 36.0 Å². The van der Waals surface area contributed by atoms with Crippen LogP contribution in [-0.4, -0.2) is 40.0 Å². The van der Waals surface area contributed by atoms with E-state index in [9.17, 15) is 8.78 Å². The van der Waals surface area contributed by atoms with Crippen molar-refractivity contribution in [3.63, 3.8) is 0 Å². The summed E-state index contributed by atoms with van der Waals surface area (Å²) in [6, 6.07) is 5.77. The zero-order chi connectivity index (χ0) is 25.2. The summed E-state index contributed by atoms with van der Waals surface area (Å²) in [5.41, 5.74) is 1.30. The molecule has 8 nitrogen and oxygen atoms in total. The predicted octanol–water partition coefficient (Wildman–Crippen LogP) is 5.98. The average molecular weight is 513 g/mol. The van der Waals surface area contributed by atoms with Crippen molar-refractivity contribution in [3.05, 3.63) is 47.6 Å². The summed E-state index contributed by atoms with van der Waals surface area (Å²) in [7, 11) is 1.84. The van der Waals surface area contributed by atoms with E-state index in [-0.39, 0.29) is 6.04 Å². The van der Waals surface area contributed by atoms with Crippen molar-refractivity contribution in [2.24, 2.45) is 7.05 Å². The number of nitrogens with one attached hydrogen (secondary N) is 1. The van der Waals surface area contributed by atoms with Gasteiger partial charge in [0.2, 0.25) is 0 Å². The summed E-state index contributed by atoms with van der Waals surface area (Å²) >= 11 is 6.57. The number of hydrogen-bond donors (Lipinski definition) is 1. The van der Waals surface area contributed by atoms with E-state index in [1.165, 1.54) is 0 Å². The molecule has 1 atom stereocenters. The molecule has 0 aromatic carbocycles. The highest BCUT2D eigenvalue weighted by Gasteiger charge is 2.58. The number of halogens is 3. The predicted molar refractivity (Wildman–Crippen MR) is 134 cm³/mol. The second-order valence-electron chi connectivity index (χ2n) is 10.0. The van der Waals surface area contributed by atoms with Gasteiger partial charge >= 0.3 is 0 Å². The Morgan fingerprint density at radius 3 is 2.69 bits per heavy atom. The standard InChI is InChI=1S/C25H27ClF2N8/c1-15-6-10-35-14-16(17-12-20(29-13-18(17)26)31-21-5-9-30-34(21)3)11-19(35)22-32-33-23(36(15)22)25(7-4-8-25)24(2,27)28/h5,9,11-15H,4,6-8,10H2,1-3H3,(H,29,31)/t15-/m0/s1. The molecule has 11 heteroatoms. The SMILES string of the molecule is C[C@H]1CCn2cc(-c3cc(Nc4ccnn4C)ncc3Cl)cc2-c2nnc(C3(C(C)(F)F)CCC3)n21. The van der Waals surface area contributed by atoms with Gasteiger partial charge in [0.15, 0.2) is 5.82 Å². The quantitative estimate of drug-likeness (QED) is 0.356. The highest BCUT2D eigenvalue weighted by molar-refractivity contribution is 6.33. The maximum absolute atomic E-state index is 14.8. The summed E-state index contributed by atoms with van der Waals surface area (Å²) in [5.74, 6) is -0.401. The maximum Gasteiger partial charge on any atom is 0.257 e. The molecule has 1 aliphatic carbocycles. The van der Waals surface area contributed by atoms with Crippen molar-refractivity contribution in [1.82, 2.24) is 34.1 Å². The number of pyridine rings is 1. The van der Waals surface area contributed by atoms with Gasteiger partial charge in [-0.1, -0.05) is 18.0 Å². The highest BCUT2D eigenvalue weighted by atomic mass is 35.5. The molecule has 1 saturated carbocycles. The van der Waals surface area contributed by atoms with Gasteiger partial charge in [-0.15, -0.1) is 10.2 Å². The number of anilines is 2. The Bertz CT molecular complexity index is 1440. The molecule has 0 radical (unpaired) electrons. The molecular formula is C25H27ClF2N8. The fourth-order valence-electron chi connectivity index (χ4n) is 5.44. The topological polar surface area (TPSA) is 78.4 Å². The molecule has 0 saturated heterocycles. The van der Waals surface area contributed by atoms with Crippen LogP contribution in [0.15, 0.2) is 36.8 Å². The first-order valence-electron chi connectivity index (χ1n) is 12.1. The summed E-state index contributed by atoms with van der Waals surface area (Å²) < 4.78 is 35.4. The number of aromatic nitrogens is 7. The molecule has 36 heavy (non-hydrogen) atoms. The highest BCUT2D eigenvalue weighted by Crippen LogP contribution is 2.54. The summed E-state index contributed by atoms with van der Waals surface area (Å²) in [6.45, 7) is 3.80. The summed E-state index contributed by atoms with van der Waals surface area (Å²) in [4.78, 5) is 4.40. The van der Waals surface area contributed by atoms with Gasteiger partial charge in [0, 0.05) is 56.1 Å². The zero-order valence-corrected chi connectivity index (χ0v) is 21.1. The van der Waals surface area contributed by atoms with Crippen molar-refractivity contribution in [1.29, 1.82) is 0 Å². The van der Waals surface area contributed by atoms with Gasteiger partial charge in [-0.2, -0.15) is 5.10 Å². The van der Waals surface area contributed by atoms with Crippen LogP contribution in [0.3, 0.4) is 0 Å². The molecule has 2 aliphatic rings. The number of rotatable bonds is 5. The minimum absolute atomic E-state index is 0.00684. The normalized spacial score (nSPS) is 18.8. The van der Waals surface area contributed by atoms with Gasteiger partial charge < -0.3 is 14.5 Å². The van der Waals surface area contributed by atoms with Crippen LogP contribution in [0.2, 0.25) is 5.02 Å². The van der Waals surface area contributed by atoms with Crippen molar-refractivity contribution >= 4 is 23.2 Å². The fourth-order valence-corrected chi connectivity index (χ4v) is 5.65. The van der Waals surface area contributed by atoms with Crippen molar-refractivity contribution in [2.45, 2.75) is 63.5 Å². The van der Waals surface area contributed by atoms with Gasteiger partial charge in [-0.05, 0) is 38.3 Å². The lowest BCUT2D eigenvalue weighted by Crippen LogP contribution is -2.50. The van der Waals surface area contributed by atoms with Crippen LogP contribution in [0.5, 0.6) is 0 Å². The zero-order valence-electron chi connectivity index (χ0n) is 20.3. The molecule has 0 spiro atoms. The van der Waals surface area contributed by atoms with E-state index in [0.717, 1.165) is 48.9 Å². The minimum atomic E-state index is -2.87. The minimum Gasteiger partial charge on any atom is -0.344 e. The van der Waals surface area contributed by atoms with Gasteiger partial charge in [-0.3, -0.25) is 4.68 Å². The number of nitrogens with zero attached hydrogens (tertiary/aromatic N) is 7. The van der Waals surface area contributed by atoms with Gasteiger partial charge in [0.1, 0.15) is 17.5 Å².